The molecule has 1 N–H and O–H groups in total. The standard InChI is InChI=1S/C13H18ClN/c1-13(2)11(7-8-15-13)9-10-3-5-12(14)6-4-10/h3-6,11,15H,7-9H2,1-2H3. The normalized spacial score (nSPS) is 24.3. The summed E-state index contributed by atoms with van der Waals surface area (Å²) in [6.07, 6.45) is 2.42. The summed E-state index contributed by atoms with van der Waals surface area (Å²) >= 11 is 5.87. The van der Waals surface area contributed by atoms with E-state index in [1.165, 1.54) is 12.0 Å². The van der Waals surface area contributed by atoms with Crippen molar-refractivity contribution in [3.63, 3.8) is 0 Å². The second kappa shape index (κ2) is 4.15. The van der Waals surface area contributed by atoms with Crippen molar-refractivity contribution in [3.8, 4) is 0 Å². The Morgan fingerprint density at radius 2 is 2.00 bits per heavy atom. The number of halogens is 1. The fourth-order valence-corrected chi connectivity index (χ4v) is 2.46. The third-order valence-electron chi connectivity index (χ3n) is 3.49. The number of hydrogen-bond donors (Lipinski definition) is 1. The molecule has 0 bridgehead atoms. The summed E-state index contributed by atoms with van der Waals surface area (Å²) in [6.45, 7) is 5.73. The predicted molar refractivity (Wildman–Crippen MR) is 65.3 cm³/mol. The minimum Gasteiger partial charge on any atom is -0.311 e. The summed E-state index contributed by atoms with van der Waals surface area (Å²) < 4.78 is 0. The van der Waals surface area contributed by atoms with Gasteiger partial charge in [0.05, 0.1) is 0 Å². The zero-order valence-electron chi connectivity index (χ0n) is 9.39. The maximum Gasteiger partial charge on any atom is 0.0406 e. The van der Waals surface area contributed by atoms with Crippen molar-refractivity contribution < 1.29 is 0 Å². The van der Waals surface area contributed by atoms with Crippen LogP contribution in [0.2, 0.25) is 5.02 Å². The summed E-state index contributed by atoms with van der Waals surface area (Å²) in [6, 6.07) is 8.23. The van der Waals surface area contributed by atoms with Gasteiger partial charge in [0.25, 0.3) is 0 Å². The molecule has 2 heteroatoms. The fourth-order valence-electron chi connectivity index (χ4n) is 2.34. The molecule has 1 unspecified atom stereocenters. The quantitative estimate of drug-likeness (QED) is 0.812. The highest BCUT2D eigenvalue weighted by Crippen LogP contribution is 2.29. The van der Waals surface area contributed by atoms with Crippen LogP contribution in [0.25, 0.3) is 0 Å². The van der Waals surface area contributed by atoms with Gasteiger partial charge in [0.15, 0.2) is 0 Å². The van der Waals surface area contributed by atoms with Crippen LogP contribution in [0.1, 0.15) is 25.8 Å². The van der Waals surface area contributed by atoms with Crippen LogP contribution in [0.4, 0.5) is 0 Å². The maximum atomic E-state index is 5.87. The average Bonchev–Trinajstić information content (AvgIpc) is 2.50. The molecule has 1 aromatic rings. The molecule has 1 nitrogen and oxygen atoms in total. The molecule has 0 amide bonds. The monoisotopic (exact) mass is 223 g/mol. The number of rotatable bonds is 2. The van der Waals surface area contributed by atoms with Gasteiger partial charge in [-0.05, 0) is 56.8 Å². The Balaban J connectivity index is 2.06. The Hall–Kier alpha value is -0.530. The second-order valence-corrected chi connectivity index (χ2v) is 5.40. The van der Waals surface area contributed by atoms with Gasteiger partial charge in [-0.25, -0.2) is 0 Å². The van der Waals surface area contributed by atoms with Crippen molar-refractivity contribution in [2.45, 2.75) is 32.2 Å². The Kier molecular flexibility index (Phi) is 3.03. The summed E-state index contributed by atoms with van der Waals surface area (Å²) in [5.74, 6) is 0.735. The molecule has 0 radical (unpaired) electrons. The molecular weight excluding hydrogens is 206 g/mol. The lowest BCUT2D eigenvalue weighted by molar-refractivity contribution is 0.332. The Morgan fingerprint density at radius 1 is 1.33 bits per heavy atom. The minimum atomic E-state index is 0.277. The third-order valence-corrected chi connectivity index (χ3v) is 3.74. The van der Waals surface area contributed by atoms with E-state index < -0.39 is 0 Å². The van der Waals surface area contributed by atoms with E-state index in [4.69, 9.17) is 11.6 Å². The van der Waals surface area contributed by atoms with Crippen LogP contribution >= 0.6 is 11.6 Å². The van der Waals surface area contributed by atoms with Crippen LogP contribution in [0, 0.1) is 5.92 Å². The molecule has 1 fully saturated rings. The molecular formula is C13H18ClN. The largest absolute Gasteiger partial charge is 0.311 e. The molecule has 1 aliphatic heterocycles. The number of benzene rings is 1. The van der Waals surface area contributed by atoms with Crippen molar-refractivity contribution in [2.75, 3.05) is 6.54 Å². The average molecular weight is 224 g/mol. The zero-order valence-corrected chi connectivity index (χ0v) is 10.1. The van der Waals surface area contributed by atoms with Gasteiger partial charge in [0.1, 0.15) is 0 Å². The predicted octanol–water partition coefficient (Wildman–Crippen LogP) is 3.27. The molecule has 15 heavy (non-hydrogen) atoms. The lowest BCUT2D eigenvalue weighted by atomic mass is 9.84. The Bertz CT molecular complexity index is 329. The minimum absolute atomic E-state index is 0.277. The molecule has 2 rings (SSSR count). The third kappa shape index (κ3) is 2.53. The van der Waals surface area contributed by atoms with Gasteiger partial charge in [-0.1, -0.05) is 23.7 Å². The second-order valence-electron chi connectivity index (χ2n) is 4.96. The molecule has 0 spiro atoms. The Morgan fingerprint density at radius 3 is 2.53 bits per heavy atom. The van der Waals surface area contributed by atoms with Gasteiger partial charge >= 0.3 is 0 Å². The van der Waals surface area contributed by atoms with Crippen molar-refractivity contribution in [1.82, 2.24) is 5.32 Å². The van der Waals surface area contributed by atoms with E-state index in [0.29, 0.717) is 0 Å². The summed E-state index contributed by atoms with van der Waals surface area (Å²) in [7, 11) is 0. The molecule has 0 saturated carbocycles. The highest BCUT2D eigenvalue weighted by atomic mass is 35.5. The van der Waals surface area contributed by atoms with Crippen molar-refractivity contribution in [1.29, 1.82) is 0 Å². The van der Waals surface area contributed by atoms with Gasteiger partial charge < -0.3 is 5.32 Å². The van der Waals surface area contributed by atoms with Gasteiger partial charge in [-0.2, -0.15) is 0 Å². The summed E-state index contributed by atoms with van der Waals surface area (Å²) in [5, 5.41) is 4.37. The van der Waals surface area contributed by atoms with Crippen LogP contribution in [0.3, 0.4) is 0 Å². The van der Waals surface area contributed by atoms with Gasteiger partial charge in [-0.15, -0.1) is 0 Å². The van der Waals surface area contributed by atoms with Gasteiger partial charge in [-0.3, -0.25) is 0 Å². The summed E-state index contributed by atoms with van der Waals surface area (Å²) in [5.41, 5.74) is 1.67. The van der Waals surface area contributed by atoms with Crippen LogP contribution in [-0.2, 0) is 6.42 Å². The van der Waals surface area contributed by atoms with Crippen LogP contribution < -0.4 is 5.32 Å². The highest BCUT2D eigenvalue weighted by Gasteiger charge is 2.33. The first-order valence-electron chi connectivity index (χ1n) is 5.57. The smallest absolute Gasteiger partial charge is 0.0406 e. The van der Waals surface area contributed by atoms with Crippen LogP contribution in [0.5, 0.6) is 0 Å². The van der Waals surface area contributed by atoms with Crippen LogP contribution in [0.15, 0.2) is 24.3 Å². The molecule has 1 atom stereocenters. The highest BCUT2D eigenvalue weighted by molar-refractivity contribution is 6.30. The number of hydrogen-bond acceptors (Lipinski definition) is 1. The Labute approximate surface area is 96.8 Å². The SMILES string of the molecule is CC1(C)NCCC1Cc1ccc(Cl)cc1. The lowest BCUT2D eigenvalue weighted by Gasteiger charge is -2.27. The lowest BCUT2D eigenvalue weighted by Crippen LogP contribution is -2.38. The maximum absolute atomic E-state index is 5.87. The molecule has 0 aromatic heterocycles. The van der Waals surface area contributed by atoms with Gasteiger partial charge in [0, 0.05) is 10.6 Å². The van der Waals surface area contributed by atoms with E-state index in [1.807, 2.05) is 12.1 Å². The van der Waals surface area contributed by atoms with E-state index in [9.17, 15) is 0 Å². The van der Waals surface area contributed by atoms with Crippen molar-refractivity contribution >= 4 is 11.6 Å². The van der Waals surface area contributed by atoms with E-state index in [-0.39, 0.29) is 5.54 Å². The van der Waals surface area contributed by atoms with Crippen molar-refractivity contribution in [2.24, 2.45) is 5.92 Å². The zero-order chi connectivity index (χ0) is 10.9. The van der Waals surface area contributed by atoms with E-state index in [2.05, 4.69) is 31.3 Å². The first-order valence-corrected chi connectivity index (χ1v) is 5.95. The molecule has 82 valence electrons. The van der Waals surface area contributed by atoms with E-state index >= 15 is 0 Å². The van der Waals surface area contributed by atoms with E-state index in [1.54, 1.807) is 0 Å². The van der Waals surface area contributed by atoms with E-state index in [0.717, 1.165) is 23.9 Å². The van der Waals surface area contributed by atoms with Crippen molar-refractivity contribution in [3.05, 3.63) is 34.9 Å². The molecule has 0 aliphatic carbocycles. The molecule has 1 saturated heterocycles. The molecule has 1 aliphatic rings. The van der Waals surface area contributed by atoms with Gasteiger partial charge in [0.2, 0.25) is 0 Å². The molecule has 1 aromatic carbocycles. The first kappa shape index (κ1) is 11.0. The topological polar surface area (TPSA) is 12.0 Å². The summed E-state index contributed by atoms with van der Waals surface area (Å²) in [4.78, 5) is 0. The molecule has 1 heterocycles. The first-order chi connectivity index (χ1) is 7.08. The fraction of sp³-hybridized carbons (Fsp3) is 0.538. The van der Waals surface area contributed by atoms with Crippen LogP contribution in [-0.4, -0.2) is 12.1 Å². The number of nitrogens with one attached hydrogen (secondary N) is 1.